The van der Waals surface area contributed by atoms with Crippen LogP contribution in [0.2, 0.25) is 4.34 Å². The number of nitro benzene ring substituents is 1. The maximum absolute atomic E-state index is 11.7. The summed E-state index contributed by atoms with van der Waals surface area (Å²) in [5, 5.41) is 13.9. The Labute approximate surface area is 136 Å². The minimum absolute atomic E-state index is 0.290. The molecule has 0 aliphatic heterocycles. The third-order valence-corrected chi connectivity index (χ3v) is 5.30. The van der Waals surface area contributed by atoms with E-state index in [9.17, 15) is 18.5 Å². The molecule has 2 aromatic rings. The van der Waals surface area contributed by atoms with E-state index < -0.39 is 20.4 Å². The highest BCUT2D eigenvalue weighted by Crippen LogP contribution is 2.27. The second kappa shape index (κ2) is 6.64. The summed E-state index contributed by atoms with van der Waals surface area (Å²) in [7, 11) is -3.67. The molecule has 6 nitrogen and oxygen atoms in total. The molecule has 22 heavy (non-hydrogen) atoms. The molecule has 1 heterocycles. The maximum Gasteiger partial charge on any atom is 0.288 e. The standard InChI is InChI=1S/C13H13ClN2O4S2/c1-22(19,20)12-8-9(2-4-11(12)16(17)18)15-7-6-10-3-5-13(14)21-10/h2-5,8,15H,6-7H2,1H3. The van der Waals surface area contributed by atoms with Crippen molar-refractivity contribution in [1.29, 1.82) is 0 Å². The van der Waals surface area contributed by atoms with Crippen LogP contribution in [-0.2, 0) is 16.3 Å². The molecule has 118 valence electrons. The highest BCUT2D eigenvalue weighted by atomic mass is 35.5. The number of thiophene rings is 1. The Balaban J connectivity index is 2.13. The lowest BCUT2D eigenvalue weighted by Crippen LogP contribution is -2.07. The normalized spacial score (nSPS) is 11.4. The van der Waals surface area contributed by atoms with Crippen LogP contribution in [0.25, 0.3) is 0 Å². The summed E-state index contributed by atoms with van der Waals surface area (Å²) in [4.78, 5) is 11.0. The minimum Gasteiger partial charge on any atom is -0.385 e. The first-order valence-electron chi connectivity index (χ1n) is 6.24. The van der Waals surface area contributed by atoms with Crippen molar-refractivity contribution < 1.29 is 13.3 Å². The van der Waals surface area contributed by atoms with Crippen LogP contribution in [0.15, 0.2) is 35.2 Å². The molecule has 9 heteroatoms. The van der Waals surface area contributed by atoms with E-state index in [-0.39, 0.29) is 4.90 Å². The van der Waals surface area contributed by atoms with Gasteiger partial charge in [-0.3, -0.25) is 10.1 Å². The van der Waals surface area contributed by atoms with Crippen LogP contribution >= 0.6 is 22.9 Å². The zero-order chi connectivity index (χ0) is 16.3. The number of benzene rings is 1. The summed E-state index contributed by atoms with van der Waals surface area (Å²) < 4.78 is 24.0. The third-order valence-electron chi connectivity index (χ3n) is 2.89. The molecule has 0 amide bonds. The summed E-state index contributed by atoms with van der Waals surface area (Å²) in [6.45, 7) is 0.567. The summed E-state index contributed by atoms with van der Waals surface area (Å²) in [5.41, 5.74) is 0.103. The fraction of sp³-hybridized carbons (Fsp3) is 0.231. The summed E-state index contributed by atoms with van der Waals surface area (Å²) >= 11 is 7.32. The van der Waals surface area contributed by atoms with Crippen LogP contribution < -0.4 is 5.32 Å². The number of halogens is 1. The molecule has 0 bridgehead atoms. The Kier molecular flexibility index (Phi) is 5.05. The highest BCUT2D eigenvalue weighted by molar-refractivity contribution is 7.90. The topological polar surface area (TPSA) is 89.3 Å². The van der Waals surface area contributed by atoms with Gasteiger partial charge in [0.05, 0.1) is 9.26 Å². The Morgan fingerprint density at radius 1 is 1.32 bits per heavy atom. The molecule has 0 saturated carbocycles. The largest absolute Gasteiger partial charge is 0.385 e. The van der Waals surface area contributed by atoms with Gasteiger partial charge in [-0.05, 0) is 30.7 Å². The average molecular weight is 361 g/mol. The lowest BCUT2D eigenvalue weighted by atomic mass is 10.2. The van der Waals surface area contributed by atoms with Crippen molar-refractivity contribution in [2.75, 3.05) is 18.1 Å². The van der Waals surface area contributed by atoms with Gasteiger partial charge in [-0.15, -0.1) is 11.3 Å². The molecule has 1 aromatic carbocycles. The molecule has 0 radical (unpaired) electrons. The van der Waals surface area contributed by atoms with Crippen LogP contribution in [0.5, 0.6) is 0 Å². The first kappa shape index (κ1) is 16.7. The number of hydrogen-bond acceptors (Lipinski definition) is 6. The zero-order valence-electron chi connectivity index (χ0n) is 11.6. The number of nitrogens with one attached hydrogen (secondary N) is 1. The Hall–Kier alpha value is -1.64. The zero-order valence-corrected chi connectivity index (χ0v) is 14.0. The number of anilines is 1. The number of nitro groups is 1. The summed E-state index contributed by atoms with van der Waals surface area (Å²) in [6.07, 6.45) is 1.68. The lowest BCUT2D eigenvalue weighted by molar-refractivity contribution is -0.387. The summed E-state index contributed by atoms with van der Waals surface area (Å²) in [6, 6.07) is 7.71. The SMILES string of the molecule is CS(=O)(=O)c1cc(NCCc2ccc(Cl)s2)ccc1[N+](=O)[O-]. The van der Waals surface area contributed by atoms with E-state index in [0.29, 0.717) is 16.6 Å². The smallest absolute Gasteiger partial charge is 0.288 e. The van der Waals surface area contributed by atoms with E-state index in [1.807, 2.05) is 12.1 Å². The molecule has 0 aliphatic carbocycles. The molecule has 0 aliphatic rings. The quantitative estimate of drug-likeness (QED) is 0.630. The van der Waals surface area contributed by atoms with Crippen LogP contribution in [-0.4, -0.2) is 26.1 Å². The van der Waals surface area contributed by atoms with Crippen LogP contribution in [0, 0.1) is 10.1 Å². The van der Waals surface area contributed by atoms with Gasteiger partial charge >= 0.3 is 0 Å². The monoisotopic (exact) mass is 360 g/mol. The van der Waals surface area contributed by atoms with Crippen molar-refractivity contribution in [3.8, 4) is 0 Å². The second-order valence-electron chi connectivity index (χ2n) is 4.59. The number of rotatable bonds is 6. The molecule has 2 rings (SSSR count). The predicted molar refractivity (Wildman–Crippen MR) is 87.7 cm³/mol. The molecule has 1 N–H and O–H groups in total. The van der Waals surface area contributed by atoms with Gasteiger partial charge in [-0.2, -0.15) is 0 Å². The van der Waals surface area contributed by atoms with Gasteiger partial charge < -0.3 is 5.32 Å². The van der Waals surface area contributed by atoms with Crippen molar-refractivity contribution in [1.82, 2.24) is 0 Å². The fourth-order valence-corrected chi connectivity index (χ4v) is 3.84. The Morgan fingerprint density at radius 3 is 2.59 bits per heavy atom. The molecular weight excluding hydrogens is 348 g/mol. The minimum atomic E-state index is -3.67. The van der Waals surface area contributed by atoms with E-state index in [2.05, 4.69) is 5.32 Å². The fourth-order valence-electron chi connectivity index (χ4n) is 1.89. The van der Waals surface area contributed by atoms with Gasteiger partial charge in [0, 0.05) is 29.4 Å². The van der Waals surface area contributed by atoms with Crippen LogP contribution in [0.1, 0.15) is 4.88 Å². The first-order chi connectivity index (χ1) is 10.3. The van der Waals surface area contributed by atoms with Crippen LogP contribution in [0.4, 0.5) is 11.4 Å². The van der Waals surface area contributed by atoms with Gasteiger partial charge in [0.25, 0.3) is 5.69 Å². The lowest BCUT2D eigenvalue weighted by Gasteiger charge is -2.08. The van der Waals surface area contributed by atoms with Crippen molar-refractivity contribution in [2.45, 2.75) is 11.3 Å². The average Bonchev–Trinajstić information content (AvgIpc) is 2.83. The third kappa shape index (κ3) is 4.19. The molecule has 1 aromatic heterocycles. The van der Waals surface area contributed by atoms with Gasteiger partial charge in [0.1, 0.15) is 4.90 Å². The van der Waals surface area contributed by atoms with Gasteiger partial charge in [0.2, 0.25) is 0 Å². The molecule has 0 atom stereocenters. The Morgan fingerprint density at radius 2 is 2.05 bits per heavy atom. The van der Waals surface area contributed by atoms with Crippen molar-refractivity contribution in [2.24, 2.45) is 0 Å². The van der Waals surface area contributed by atoms with Gasteiger partial charge in [0.15, 0.2) is 9.84 Å². The summed E-state index contributed by atoms with van der Waals surface area (Å²) in [5.74, 6) is 0. The van der Waals surface area contributed by atoms with E-state index in [1.54, 1.807) is 0 Å². The number of hydrogen-bond donors (Lipinski definition) is 1. The molecule has 0 fully saturated rings. The highest BCUT2D eigenvalue weighted by Gasteiger charge is 2.22. The van der Waals surface area contributed by atoms with Crippen molar-refractivity contribution in [3.05, 3.63) is 49.7 Å². The van der Waals surface area contributed by atoms with E-state index >= 15 is 0 Å². The van der Waals surface area contributed by atoms with Gasteiger partial charge in [-0.1, -0.05) is 11.6 Å². The maximum atomic E-state index is 11.7. The number of nitrogens with zero attached hydrogens (tertiary/aromatic N) is 1. The first-order valence-corrected chi connectivity index (χ1v) is 9.32. The molecule has 0 saturated heterocycles. The molecule has 0 unspecified atom stereocenters. The molecular formula is C13H13ClN2O4S2. The van der Waals surface area contributed by atoms with Gasteiger partial charge in [-0.25, -0.2) is 8.42 Å². The Bertz CT molecular complexity index is 802. The van der Waals surface area contributed by atoms with E-state index in [0.717, 1.165) is 17.6 Å². The van der Waals surface area contributed by atoms with Crippen molar-refractivity contribution in [3.63, 3.8) is 0 Å². The number of sulfone groups is 1. The molecule has 0 spiro atoms. The van der Waals surface area contributed by atoms with E-state index in [1.165, 1.54) is 29.5 Å². The van der Waals surface area contributed by atoms with Crippen molar-refractivity contribution >= 4 is 44.1 Å². The van der Waals surface area contributed by atoms with Crippen LogP contribution in [0.3, 0.4) is 0 Å². The predicted octanol–water partition coefficient (Wildman–Crippen LogP) is 3.37. The van der Waals surface area contributed by atoms with E-state index in [4.69, 9.17) is 11.6 Å². The second-order valence-corrected chi connectivity index (χ2v) is 8.38.